The van der Waals surface area contributed by atoms with Crippen LogP contribution < -0.4 is 0 Å². The highest BCUT2D eigenvalue weighted by molar-refractivity contribution is 5.76. The van der Waals surface area contributed by atoms with Gasteiger partial charge in [-0.05, 0) is 38.0 Å². The topological polar surface area (TPSA) is 68.8 Å². The number of carbonyl (C=O) groups is 1. The fourth-order valence-corrected chi connectivity index (χ4v) is 3.70. The molecule has 0 spiro atoms. The predicted molar refractivity (Wildman–Crippen MR) is 92.8 cm³/mol. The van der Waals surface area contributed by atoms with Crippen molar-refractivity contribution in [1.82, 2.24) is 29.2 Å². The number of hydrogen-bond donors (Lipinski definition) is 0. The first kappa shape index (κ1) is 16.3. The van der Waals surface area contributed by atoms with E-state index in [0.717, 1.165) is 51.4 Å². The summed E-state index contributed by atoms with van der Waals surface area (Å²) in [6.07, 6.45) is 13.4. The molecule has 134 valence electrons. The minimum atomic E-state index is 0.264. The minimum absolute atomic E-state index is 0.264. The quantitative estimate of drug-likeness (QED) is 0.772. The summed E-state index contributed by atoms with van der Waals surface area (Å²) in [5.74, 6) is 2.85. The van der Waals surface area contributed by atoms with E-state index in [1.165, 1.54) is 25.0 Å². The van der Waals surface area contributed by atoms with E-state index in [-0.39, 0.29) is 5.91 Å². The third-order valence-electron chi connectivity index (χ3n) is 5.36. The Morgan fingerprint density at radius 2 is 2.04 bits per heavy atom. The summed E-state index contributed by atoms with van der Waals surface area (Å²) in [6.45, 7) is 3.57. The molecule has 7 heteroatoms. The number of piperidine rings is 1. The molecular weight excluding hydrogens is 316 g/mol. The number of carbonyl (C=O) groups excluding carboxylic acids is 1. The fraction of sp³-hybridized carbons (Fsp3) is 0.667. The van der Waals surface area contributed by atoms with Gasteiger partial charge >= 0.3 is 0 Å². The zero-order valence-electron chi connectivity index (χ0n) is 14.6. The van der Waals surface area contributed by atoms with Crippen LogP contribution in [0.3, 0.4) is 0 Å². The van der Waals surface area contributed by atoms with Crippen LogP contribution in [0.5, 0.6) is 0 Å². The Morgan fingerprint density at radius 3 is 2.76 bits per heavy atom. The van der Waals surface area contributed by atoms with E-state index in [9.17, 15) is 4.79 Å². The van der Waals surface area contributed by atoms with Gasteiger partial charge in [0.05, 0.1) is 0 Å². The molecule has 3 heterocycles. The smallest absolute Gasteiger partial charge is 0.222 e. The van der Waals surface area contributed by atoms with Gasteiger partial charge in [0.1, 0.15) is 18.5 Å². The van der Waals surface area contributed by atoms with Crippen molar-refractivity contribution in [3.05, 3.63) is 30.9 Å². The number of rotatable bonds is 7. The number of aromatic nitrogens is 5. The first-order chi connectivity index (χ1) is 12.3. The largest absolute Gasteiger partial charge is 0.343 e. The summed E-state index contributed by atoms with van der Waals surface area (Å²) >= 11 is 0. The lowest BCUT2D eigenvalue weighted by Gasteiger charge is -2.32. The maximum atomic E-state index is 12.4. The molecule has 0 unspecified atom stereocenters. The number of hydrogen-bond acceptors (Lipinski definition) is 4. The van der Waals surface area contributed by atoms with Crippen molar-refractivity contribution in [2.24, 2.45) is 5.92 Å². The summed E-state index contributed by atoms with van der Waals surface area (Å²) in [5.41, 5.74) is 0. The first-order valence-electron chi connectivity index (χ1n) is 9.41. The van der Waals surface area contributed by atoms with Crippen molar-refractivity contribution in [2.75, 3.05) is 13.1 Å². The van der Waals surface area contributed by atoms with Crippen LogP contribution in [-0.4, -0.2) is 48.2 Å². The molecule has 0 N–H and O–H groups in total. The minimum Gasteiger partial charge on any atom is -0.343 e. The average molecular weight is 342 g/mol. The first-order valence-corrected chi connectivity index (χ1v) is 9.41. The summed E-state index contributed by atoms with van der Waals surface area (Å²) < 4.78 is 4.12. The third-order valence-corrected chi connectivity index (χ3v) is 5.36. The predicted octanol–water partition coefficient (Wildman–Crippen LogP) is 2.07. The second-order valence-corrected chi connectivity index (χ2v) is 7.30. The molecule has 2 aliphatic rings. The van der Waals surface area contributed by atoms with Gasteiger partial charge in [-0.2, -0.15) is 5.10 Å². The van der Waals surface area contributed by atoms with Gasteiger partial charge in [-0.25, -0.2) is 9.97 Å². The Hall–Kier alpha value is -2.18. The summed E-state index contributed by atoms with van der Waals surface area (Å²) in [7, 11) is 0. The lowest BCUT2D eigenvalue weighted by Crippen LogP contribution is -2.38. The number of likely N-dealkylation sites (tertiary alicyclic amines) is 1. The van der Waals surface area contributed by atoms with E-state index in [1.54, 1.807) is 11.0 Å². The SMILES string of the molecule is O=C(CCCn1cncn1)N1CCC(c2nccn2CC2CC2)CC1. The average Bonchev–Trinajstić information content (AvgIpc) is 3.10. The lowest BCUT2D eigenvalue weighted by molar-refractivity contribution is -0.132. The summed E-state index contributed by atoms with van der Waals surface area (Å²) in [4.78, 5) is 23.0. The van der Waals surface area contributed by atoms with Crippen molar-refractivity contribution in [3.63, 3.8) is 0 Å². The molecule has 1 aliphatic heterocycles. The molecule has 25 heavy (non-hydrogen) atoms. The molecule has 1 aliphatic carbocycles. The zero-order chi connectivity index (χ0) is 17.1. The molecule has 1 saturated heterocycles. The highest BCUT2D eigenvalue weighted by Gasteiger charge is 2.28. The van der Waals surface area contributed by atoms with Crippen molar-refractivity contribution in [3.8, 4) is 0 Å². The van der Waals surface area contributed by atoms with Crippen LogP contribution in [0.15, 0.2) is 25.0 Å². The van der Waals surface area contributed by atoms with Crippen LogP contribution in [0.2, 0.25) is 0 Å². The molecule has 4 rings (SSSR count). The van der Waals surface area contributed by atoms with Gasteiger partial charge in [-0.3, -0.25) is 9.48 Å². The molecular formula is C18H26N6O. The van der Waals surface area contributed by atoms with Crippen molar-refractivity contribution in [2.45, 2.75) is 57.5 Å². The standard InChI is InChI=1S/C18H26N6O/c25-17(2-1-8-24-14-19-13-21-24)22-9-5-16(6-10-22)18-20-7-11-23(18)12-15-3-4-15/h7,11,13-16H,1-6,8-10,12H2. The lowest BCUT2D eigenvalue weighted by atomic mass is 9.95. The Kier molecular flexibility index (Phi) is 4.81. The molecule has 2 aromatic heterocycles. The Balaban J connectivity index is 1.23. The fourth-order valence-electron chi connectivity index (χ4n) is 3.70. The van der Waals surface area contributed by atoms with Gasteiger partial charge < -0.3 is 9.47 Å². The van der Waals surface area contributed by atoms with Crippen LogP contribution >= 0.6 is 0 Å². The van der Waals surface area contributed by atoms with E-state index >= 15 is 0 Å². The number of amides is 1. The number of imidazole rings is 1. The Labute approximate surface area is 148 Å². The van der Waals surface area contributed by atoms with Gasteiger partial charge in [-0.15, -0.1) is 0 Å². The van der Waals surface area contributed by atoms with E-state index in [0.29, 0.717) is 12.3 Å². The van der Waals surface area contributed by atoms with Crippen molar-refractivity contribution >= 4 is 5.91 Å². The molecule has 0 bridgehead atoms. The molecule has 0 atom stereocenters. The highest BCUT2D eigenvalue weighted by Crippen LogP contribution is 2.33. The highest BCUT2D eigenvalue weighted by atomic mass is 16.2. The van der Waals surface area contributed by atoms with E-state index in [4.69, 9.17) is 0 Å². The maximum absolute atomic E-state index is 12.4. The summed E-state index contributed by atoms with van der Waals surface area (Å²) in [6, 6.07) is 0. The van der Waals surface area contributed by atoms with E-state index < -0.39 is 0 Å². The molecule has 0 radical (unpaired) electrons. The summed E-state index contributed by atoms with van der Waals surface area (Å²) in [5, 5.41) is 4.07. The van der Waals surface area contributed by atoms with E-state index in [1.807, 2.05) is 11.1 Å². The zero-order valence-corrected chi connectivity index (χ0v) is 14.6. The molecule has 2 fully saturated rings. The second-order valence-electron chi connectivity index (χ2n) is 7.30. The van der Waals surface area contributed by atoms with E-state index in [2.05, 4.69) is 25.8 Å². The number of aryl methyl sites for hydroxylation is 1. The van der Waals surface area contributed by atoms with Crippen LogP contribution in [-0.2, 0) is 17.9 Å². The van der Waals surface area contributed by atoms with Gasteiger partial charge in [0.2, 0.25) is 5.91 Å². The Morgan fingerprint density at radius 1 is 1.20 bits per heavy atom. The monoisotopic (exact) mass is 342 g/mol. The van der Waals surface area contributed by atoms with Crippen LogP contribution in [0, 0.1) is 5.92 Å². The van der Waals surface area contributed by atoms with Gasteiger partial charge in [0.25, 0.3) is 0 Å². The van der Waals surface area contributed by atoms with Gasteiger partial charge in [-0.1, -0.05) is 0 Å². The molecule has 0 aromatic carbocycles. The molecule has 1 amide bonds. The second kappa shape index (κ2) is 7.37. The Bertz CT molecular complexity index is 682. The molecule has 7 nitrogen and oxygen atoms in total. The normalized spacial score (nSPS) is 18.6. The van der Waals surface area contributed by atoms with Crippen molar-refractivity contribution in [1.29, 1.82) is 0 Å². The van der Waals surface area contributed by atoms with Crippen LogP contribution in [0.4, 0.5) is 0 Å². The van der Waals surface area contributed by atoms with Crippen LogP contribution in [0.1, 0.15) is 50.3 Å². The maximum Gasteiger partial charge on any atom is 0.222 e. The molecule has 2 aromatic rings. The van der Waals surface area contributed by atoms with Gasteiger partial charge in [0, 0.05) is 50.9 Å². The number of nitrogens with zero attached hydrogens (tertiary/aromatic N) is 6. The molecule has 1 saturated carbocycles. The van der Waals surface area contributed by atoms with Crippen LogP contribution in [0.25, 0.3) is 0 Å². The van der Waals surface area contributed by atoms with Gasteiger partial charge in [0.15, 0.2) is 0 Å². The third kappa shape index (κ3) is 4.08. The van der Waals surface area contributed by atoms with Crippen molar-refractivity contribution < 1.29 is 4.79 Å².